The van der Waals surface area contributed by atoms with E-state index in [-0.39, 0.29) is 5.92 Å². The van der Waals surface area contributed by atoms with Gasteiger partial charge in [-0.15, -0.1) is 11.8 Å². The molecule has 1 aromatic rings. The number of nitrogens with two attached hydrogens (primary N) is 1. The molecule has 0 fully saturated rings. The lowest BCUT2D eigenvalue weighted by Gasteiger charge is -2.13. The van der Waals surface area contributed by atoms with Crippen LogP contribution in [0.25, 0.3) is 0 Å². The van der Waals surface area contributed by atoms with Crippen molar-refractivity contribution in [2.75, 3.05) is 26.0 Å². The number of benzene rings is 1. The number of aliphatic imine (C=N–C) groups is 1. The second kappa shape index (κ2) is 6.05. The number of methoxy groups -OCH3 is 1. The van der Waals surface area contributed by atoms with Gasteiger partial charge in [0, 0.05) is 17.8 Å². The van der Waals surface area contributed by atoms with Crippen LogP contribution in [0.3, 0.4) is 0 Å². The van der Waals surface area contributed by atoms with Crippen molar-refractivity contribution in [3.8, 4) is 0 Å². The van der Waals surface area contributed by atoms with E-state index in [1.807, 2.05) is 11.8 Å². The normalized spacial score (nSPS) is 19.2. The molecule has 1 atom stereocenters. The fraction of sp³-hybridized carbons (Fsp3) is 0.417. The Bertz CT molecular complexity index is 408. The van der Waals surface area contributed by atoms with Crippen LogP contribution in [0.2, 0.25) is 0 Å². The Kier molecular flexibility index (Phi) is 4.42. The summed E-state index contributed by atoms with van der Waals surface area (Å²) in [6.45, 7) is 1.26. The summed E-state index contributed by atoms with van der Waals surface area (Å²) >= 11 is 1.85. The second-order valence-corrected chi connectivity index (χ2v) is 4.87. The molecule has 0 radical (unpaired) electrons. The number of thioether (sulfide) groups is 1. The van der Waals surface area contributed by atoms with Crippen molar-refractivity contribution in [3.05, 3.63) is 29.8 Å². The van der Waals surface area contributed by atoms with E-state index in [9.17, 15) is 0 Å². The topological polar surface area (TPSA) is 59.6 Å². The number of hydrazine groups is 1. The first-order valence-electron chi connectivity index (χ1n) is 5.58. The number of fused-ring (bicyclic) bond motifs is 1. The lowest BCUT2D eigenvalue weighted by Crippen LogP contribution is -2.35. The minimum atomic E-state index is 0.276. The number of rotatable bonds is 4. The van der Waals surface area contributed by atoms with Crippen LogP contribution < -0.4 is 11.3 Å². The smallest absolute Gasteiger partial charge is 0.119 e. The molecule has 1 aromatic carbocycles. The molecule has 17 heavy (non-hydrogen) atoms. The molecule has 1 heterocycles. The molecule has 1 aliphatic rings. The van der Waals surface area contributed by atoms with E-state index < -0.39 is 0 Å². The maximum absolute atomic E-state index is 5.56. The summed E-state index contributed by atoms with van der Waals surface area (Å²) < 4.78 is 4.99. The molecule has 0 aliphatic carbocycles. The van der Waals surface area contributed by atoms with E-state index in [2.05, 4.69) is 34.7 Å². The highest BCUT2D eigenvalue weighted by molar-refractivity contribution is 7.99. The average Bonchev–Trinajstić information content (AvgIpc) is 2.79. The summed E-state index contributed by atoms with van der Waals surface area (Å²) in [6, 6.07) is 8.40. The monoisotopic (exact) mass is 251 g/mol. The minimum absolute atomic E-state index is 0.276. The maximum Gasteiger partial charge on any atom is 0.119 e. The van der Waals surface area contributed by atoms with Crippen LogP contribution in [0, 0.1) is 0 Å². The van der Waals surface area contributed by atoms with E-state index in [4.69, 9.17) is 10.6 Å². The summed E-state index contributed by atoms with van der Waals surface area (Å²) in [6.07, 6.45) is 0. The van der Waals surface area contributed by atoms with Gasteiger partial charge in [0.2, 0.25) is 0 Å². The third kappa shape index (κ3) is 2.80. The Balaban J connectivity index is 2.14. The van der Waals surface area contributed by atoms with Gasteiger partial charge in [-0.3, -0.25) is 4.99 Å². The van der Waals surface area contributed by atoms with Gasteiger partial charge in [-0.2, -0.15) is 0 Å². The van der Waals surface area contributed by atoms with Crippen molar-refractivity contribution in [2.45, 2.75) is 10.8 Å². The van der Waals surface area contributed by atoms with Crippen molar-refractivity contribution < 1.29 is 4.74 Å². The molecule has 1 unspecified atom stereocenters. The number of hydrogen-bond acceptors (Lipinski definition) is 4. The summed E-state index contributed by atoms with van der Waals surface area (Å²) in [5.41, 5.74) is 4.04. The first-order valence-corrected chi connectivity index (χ1v) is 6.57. The van der Waals surface area contributed by atoms with Gasteiger partial charge in [-0.25, -0.2) is 5.84 Å². The van der Waals surface area contributed by atoms with Crippen LogP contribution in [0.1, 0.15) is 11.5 Å². The van der Waals surface area contributed by atoms with Crippen LogP contribution in [0.4, 0.5) is 0 Å². The summed E-state index contributed by atoms with van der Waals surface area (Å²) in [7, 11) is 1.67. The predicted molar refractivity (Wildman–Crippen MR) is 71.4 cm³/mol. The molecule has 92 valence electrons. The summed E-state index contributed by atoms with van der Waals surface area (Å²) in [4.78, 5) is 5.78. The zero-order valence-corrected chi connectivity index (χ0v) is 10.7. The van der Waals surface area contributed by atoms with E-state index in [1.165, 1.54) is 10.5 Å². The highest BCUT2D eigenvalue weighted by atomic mass is 32.2. The molecule has 1 aliphatic heterocycles. The molecule has 0 spiro atoms. The Morgan fingerprint density at radius 1 is 1.59 bits per heavy atom. The number of hydrogen-bond donors (Lipinski definition) is 2. The third-order valence-electron chi connectivity index (χ3n) is 2.76. The number of ether oxygens (including phenoxy) is 1. The van der Waals surface area contributed by atoms with Crippen LogP contribution in [-0.2, 0) is 4.74 Å². The summed E-state index contributed by atoms with van der Waals surface area (Å²) in [5.74, 6) is 7.68. The van der Waals surface area contributed by atoms with Crippen molar-refractivity contribution in [3.63, 3.8) is 0 Å². The van der Waals surface area contributed by atoms with Crippen molar-refractivity contribution in [2.24, 2.45) is 10.8 Å². The highest BCUT2D eigenvalue weighted by Crippen LogP contribution is 2.39. The van der Waals surface area contributed by atoms with E-state index in [0.29, 0.717) is 13.2 Å². The van der Waals surface area contributed by atoms with Gasteiger partial charge in [0.05, 0.1) is 19.1 Å². The van der Waals surface area contributed by atoms with Gasteiger partial charge in [0.1, 0.15) is 5.84 Å². The van der Waals surface area contributed by atoms with Gasteiger partial charge < -0.3 is 10.2 Å². The Hall–Kier alpha value is -1.04. The number of amidine groups is 1. The van der Waals surface area contributed by atoms with Gasteiger partial charge in [0.15, 0.2) is 0 Å². The fourth-order valence-corrected chi connectivity index (χ4v) is 3.14. The number of nitrogens with zero attached hydrogens (tertiary/aromatic N) is 1. The van der Waals surface area contributed by atoms with E-state index in [0.717, 1.165) is 11.6 Å². The first kappa shape index (κ1) is 12.4. The van der Waals surface area contributed by atoms with Crippen LogP contribution in [0.5, 0.6) is 0 Å². The van der Waals surface area contributed by atoms with Gasteiger partial charge >= 0.3 is 0 Å². The van der Waals surface area contributed by atoms with E-state index in [1.54, 1.807) is 7.11 Å². The van der Waals surface area contributed by atoms with Crippen molar-refractivity contribution >= 4 is 17.6 Å². The SMILES string of the molecule is COCCN=C(NN)C1CSc2ccccc21. The first-order chi connectivity index (χ1) is 8.36. The zero-order valence-electron chi connectivity index (χ0n) is 9.85. The quantitative estimate of drug-likeness (QED) is 0.279. The third-order valence-corrected chi connectivity index (χ3v) is 3.94. The largest absolute Gasteiger partial charge is 0.383 e. The lowest BCUT2D eigenvalue weighted by molar-refractivity contribution is 0.208. The summed E-state index contributed by atoms with van der Waals surface area (Å²) in [5, 5.41) is 0. The molecule has 3 N–H and O–H groups in total. The standard InChI is InChI=1S/C12H17N3OS/c1-16-7-6-14-12(15-13)10-8-17-11-5-3-2-4-9(10)11/h2-5,10H,6-8,13H2,1H3,(H,14,15). The second-order valence-electron chi connectivity index (χ2n) is 3.81. The molecule has 0 amide bonds. The Labute approximate surface area is 106 Å². The predicted octanol–water partition coefficient (Wildman–Crippen LogP) is 1.38. The lowest BCUT2D eigenvalue weighted by atomic mass is 10.0. The van der Waals surface area contributed by atoms with Crippen LogP contribution in [0.15, 0.2) is 34.2 Å². The number of nitrogens with one attached hydrogen (secondary N) is 1. The maximum atomic E-state index is 5.56. The van der Waals surface area contributed by atoms with Crippen LogP contribution in [-0.4, -0.2) is 31.8 Å². The van der Waals surface area contributed by atoms with Gasteiger partial charge in [-0.05, 0) is 11.6 Å². The zero-order chi connectivity index (χ0) is 12.1. The average molecular weight is 251 g/mol. The minimum Gasteiger partial charge on any atom is -0.383 e. The molecular formula is C12H17N3OS. The molecule has 0 aromatic heterocycles. The highest BCUT2D eigenvalue weighted by Gasteiger charge is 2.26. The molecule has 5 heteroatoms. The Morgan fingerprint density at radius 3 is 3.18 bits per heavy atom. The van der Waals surface area contributed by atoms with Crippen molar-refractivity contribution in [1.29, 1.82) is 0 Å². The van der Waals surface area contributed by atoms with Crippen molar-refractivity contribution in [1.82, 2.24) is 5.43 Å². The van der Waals surface area contributed by atoms with Crippen LogP contribution >= 0.6 is 11.8 Å². The van der Waals surface area contributed by atoms with E-state index >= 15 is 0 Å². The molecule has 0 saturated heterocycles. The molecule has 2 rings (SSSR count). The molecule has 0 bridgehead atoms. The Morgan fingerprint density at radius 2 is 2.41 bits per heavy atom. The van der Waals surface area contributed by atoms with Gasteiger partial charge in [-0.1, -0.05) is 18.2 Å². The van der Waals surface area contributed by atoms with Gasteiger partial charge in [0.25, 0.3) is 0 Å². The fourth-order valence-electron chi connectivity index (χ4n) is 1.90. The molecular weight excluding hydrogens is 234 g/mol. The molecule has 0 saturated carbocycles. The molecule has 4 nitrogen and oxygen atoms in total.